The molecule has 0 amide bonds. The van der Waals surface area contributed by atoms with E-state index in [1.165, 1.54) is 0 Å². The van der Waals surface area contributed by atoms with Crippen molar-refractivity contribution in [1.82, 2.24) is 10.3 Å². The molecule has 0 saturated carbocycles. The molecule has 1 aliphatic heterocycles. The van der Waals surface area contributed by atoms with Crippen LogP contribution in [0, 0.1) is 0 Å². The van der Waals surface area contributed by atoms with Crippen LogP contribution in [0.25, 0.3) is 11.0 Å². The van der Waals surface area contributed by atoms with Crippen molar-refractivity contribution in [3.63, 3.8) is 0 Å². The Morgan fingerprint density at radius 2 is 1.90 bits per heavy atom. The highest BCUT2D eigenvalue weighted by Gasteiger charge is 2.14. The molecule has 0 radical (unpaired) electrons. The van der Waals surface area contributed by atoms with Crippen molar-refractivity contribution >= 4 is 16.7 Å². The Morgan fingerprint density at radius 3 is 2.86 bits per heavy atom. The van der Waals surface area contributed by atoms with Crippen molar-refractivity contribution in [2.45, 2.75) is 6.61 Å². The first-order valence-corrected chi connectivity index (χ1v) is 6.33. The van der Waals surface area contributed by atoms with Gasteiger partial charge in [0.25, 0.3) is 0 Å². The number of nitrogens with two attached hydrogens (primary N) is 1. The zero-order valence-electron chi connectivity index (χ0n) is 10.9. The Morgan fingerprint density at radius 1 is 1.05 bits per heavy atom. The lowest BCUT2D eigenvalue weighted by Gasteiger charge is -2.07. The maximum Gasteiger partial charge on any atom is 0.231 e. The van der Waals surface area contributed by atoms with Crippen LogP contribution in [0.3, 0.4) is 0 Å². The Kier molecular flexibility index (Phi) is 2.56. The average Bonchev–Trinajstić information content (AvgIpc) is 3.15. The van der Waals surface area contributed by atoms with Crippen LogP contribution in [0.5, 0.6) is 17.2 Å². The maximum atomic E-state index is 5.79. The number of nitrogen functional groups attached to an aromatic ring is 1. The van der Waals surface area contributed by atoms with E-state index in [1.54, 1.807) is 12.1 Å². The van der Waals surface area contributed by atoms with E-state index in [0.29, 0.717) is 29.1 Å². The van der Waals surface area contributed by atoms with Gasteiger partial charge in [-0.2, -0.15) is 0 Å². The van der Waals surface area contributed by atoms with Crippen LogP contribution in [-0.2, 0) is 6.61 Å². The number of anilines is 1. The summed E-state index contributed by atoms with van der Waals surface area (Å²) in [5.41, 5.74) is 8.26. The fourth-order valence-corrected chi connectivity index (χ4v) is 2.17. The quantitative estimate of drug-likeness (QED) is 0.736. The van der Waals surface area contributed by atoms with Crippen molar-refractivity contribution in [1.29, 1.82) is 0 Å². The molecule has 0 aliphatic carbocycles. The zero-order chi connectivity index (χ0) is 14.2. The van der Waals surface area contributed by atoms with Gasteiger partial charge in [0.05, 0.1) is 5.69 Å². The molecule has 4 rings (SSSR count). The summed E-state index contributed by atoms with van der Waals surface area (Å²) in [6.45, 7) is 0.616. The van der Waals surface area contributed by atoms with E-state index in [-0.39, 0.29) is 6.79 Å². The molecule has 7 heteroatoms. The van der Waals surface area contributed by atoms with Gasteiger partial charge in [-0.05, 0) is 40.1 Å². The lowest BCUT2D eigenvalue weighted by molar-refractivity contribution is 0.174. The van der Waals surface area contributed by atoms with Crippen molar-refractivity contribution in [2.75, 3.05) is 12.5 Å². The lowest BCUT2D eigenvalue weighted by Crippen LogP contribution is -1.97. The van der Waals surface area contributed by atoms with E-state index < -0.39 is 0 Å². The molecule has 0 atom stereocenters. The maximum absolute atomic E-state index is 5.79. The minimum absolute atomic E-state index is 0.253. The minimum atomic E-state index is 0.253. The number of hydrogen-bond donors (Lipinski definition) is 1. The van der Waals surface area contributed by atoms with Crippen molar-refractivity contribution < 1.29 is 18.8 Å². The number of benzene rings is 2. The van der Waals surface area contributed by atoms with Crippen LogP contribution in [0.2, 0.25) is 0 Å². The van der Waals surface area contributed by atoms with Gasteiger partial charge in [-0.3, -0.25) is 0 Å². The molecule has 0 spiro atoms. The molecule has 2 aromatic carbocycles. The average molecular weight is 285 g/mol. The Balaban J connectivity index is 1.58. The smallest absolute Gasteiger partial charge is 0.231 e. The third-order valence-corrected chi connectivity index (χ3v) is 3.24. The predicted octanol–water partition coefficient (Wildman–Crippen LogP) is 2.11. The molecule has 7 nitrogen and oxygen atoms in total. The first kappa shape index (κ1) is 11.8. The highest BCUT2D eigenvalue weighted by molar-refractivity contribution is 5.90. The highest BCUT2D eigenvalue weighted by Crippen LogP contribution is 2.33. The third kappa shape index (κ3) is 1.99. The van der Waals surface area contributed by atoms with E-state index in [9.17, 15) is 0 Å². The van der Waals surface area contributed by atoms with Crippen LogP contribution in [0.1, 0.15) is 5.56 Å². The van der Waals surface area contributed by atoms with Gasteiger partial charge in [-0.15, -0.1) is 0 Å². The number of fused-ring (bicyclic) bond motifs is 2. The van der Waals surface area contributed by atoms with E-state index in [2.05, 4.69) is 10.3 Å². The fraction of sp³-hybridized carbons (Fsp3) is 0.143. The fourth-order valence-electron chi connectivity index (χ4n) is 2.17. The molecular weight excluding hydrogens is 274 g/mol. The highest BCUT2D eigenvalue weighted by atomic mass is 16.7. The van der Waals surface area contributed by atoms with Gasteiger partial charge in [0.1, 0.15) is 6.61 Å². The molecule has 0 unspecified atom stereocenters. The Hall–Kier alpha value is -2.96. The minimum Gasteiger partial charge on any atom is -0.486 e. The molecule has 3 aromatic rings. The molecule has 0 fully saturated rings. The van der Waals surface area contributed by atoms with Crippen molar-refractivity contribution in [2.24, 2.45) is 0 Å². The second-order valence-electron chi connectivity index (χ2n) is 4.59. The number of aromatic nitrogens is 2. The summed E-state index contributed by atoms with van der Waals surface area (Å²) in [7, 11) is 0. The summed E-state index contributed by atoms with van der Waals surface area (Å²) in [5.74, 6) is 2.04. The number of hydrogen-bond acceptors (Lipinski definition) is 7. The molecule has 106 valence electrons. The summed E-state index contributed by atoms with van der Waals surface area (Å²) < 4.78 is 21.1. The predicted molar refractivity (Wildman–Crippen MR) is 73.1 cm³/mol. The lowest BCUT2D eigenvalue weighted by atomic mass is 10.2. The molecule has 21 heavy (non-hydrogen) atoms. The first-order valence-electron chi connectivity index (χ1n) is 6.33. The van der Waals surface area contributed by atoms with E-state index in [1.807, 2.05) is 18.2 Å². The summed E-state index contributed by atoms with van der Waals surface area (Å²) in [5, 5.41) is 7.57. The molecule has 1 aliphatic rings. The monoisotopic (exact) mass is 285 g/mol. The van der Waals surface area contributed by atoms with Gasteiger partial charge in [0.15, 0.2) is 28.3 Å². The van der Waals surface area contributed by atoms with Gasteiger partial charge < -0.3 is 19.9 Å². The van der Waals surface area contributed by atoms with Gasteiger partial charge >= 0.3 is 0 Å². The van der Waals surface area contributed by atoms with Crippen LogP contribution in [0.15, 0.2) is 35.0 Å². The first-order chi connectivity index (χ1) is 10.3. The van der Waals surface area contributed by atoms with E-state index in [0.717, 1.165) is 17.1 Å². The SMILES string of the molecule is Nc1ccc(OCc2ccc3c(c2)OCO3)c2nonc12. The zero-order valence-corrected chi connectivity index (χ0v) is 10.9. The largest absolute Gasteiger partial charge is 0.486 e. The molecule has 0 bridgehead atoms. The normalized spacial score (nSPS) is 12.8. The summed E-state index contributed by atoms with van der Waals surface area (Å²) in [6, 6.07) is 9.12. The van der Waals surface area contributed by atoms with Gasteiger partial charge in [-0.1, -0.05) is 6.07 Å². The molecule has 0 saturated heterocycles. The number of rotatable bonds is 3. The third-order valence-electron chi connectivity index (χ3n) is 3.24. The molecular formula is C14H11N3O4. The molecule has 2 heterocycles. The number of ether oxygens (including phenoxy) is 3. The summed E-state index contributed by atoms with van der Waals surface area (Å²) in [6.07, 6.45) is 0. The van der Waals surface area contributed by atoms with Crippen molar-refractivity contribution in [3.05, 3.63) is 35.9 Å². The Labute approximate surface area is 119 Å². The van der Waals surface area contributed by atoms with Gasteiger partial charge in [0.2, 0.25) is 6.79 Å². The topological polar surface area (TPSA) is 92.6 Å². The molecule has 1 aromatic heterocycles. The molecule has 2 N–H and O–H groups in total. The standard InChI is InChI=1S/C14H11N3O4/c15-9-2-4-11(14-13(9)16-21-17-14)18-6-8-1-3-10-12(5-8)20-7-19-10/h1-5H,6-7,15H2. The van der Waals surface area contributed by atoms with Crippen LogP contribution in [-0.4, -0.2) is 17.1 Å². The van der Waals surface area contributed by atoms with E-state index in [4.69, 9.17) is 24.6 Å². The van der Waals surface area contributed by atoms with Crippen LogP contribution in [0.4, 0.5) is 5.69 Å². The Bertz CT molecular complexity index is 815. The van der Waals surface area contributed by atoms with Crippen LogP contribution >= 0.6 is 0 Å². The van der Waals surface area contributed by atoms with E-state index >= 15 is 0 Å². The van der Waals surface area contributed by atoms with Crippen LogP contribution < -0.4 is 19.9 Å². The van der Waals surface area contributed by atoms with Crippen molar-refractivity contribution in [3.8, 4) is 17.2 Å². The second kappa shape index (κ2) is 4.55. The second-order valence-corrected chi connectivity index (χ2v) is 4.59. The summed E-state index contributed by atoms with van der Waals surface area (Å²) >= 11 is 0. The van der Waals surface area contributed by atoms with Gasteiger partial charge in [0, 0.05) is 0 Å². The summed E-state index contributed by atoms with van der Waals surface area (Å²) in [4.78, 5) is 0. The number of nitrogens with zero attached hydrogens (tertiary/aromatic N) is 2. The van der Waals surface area contributed by atoms with Gasteiger partial charge in [-0.25, -0.2) is 4.63 Å².